The Morgan fingerprint density at radius 2 is 2.00 bits per heavy atom. The first kappa shape index (κ1) is 24.4. The number of fused-ring (bicyclic) bond motifs is 1. The Hall–Kier alpha value is -2.82. The minimum absolute atomic E-state index is 0. The molecule has 0 aliphatic carbocycles. The number of nitrogen functional groups attached to an aromatic ring is 2. The molecule has 0 saturated heterocycles. The lowest BCUT2D eigenvalue weighted by atomic mass is 10.3. The van der Waals surface area contributed by atoms with Crippen LogP contribution in [0.15, 0.2) is 18.2 Å². The van der Waals surface area contributed by atoms with Crippen LogP contribution in [0, 0.1) is 0 Å². The van der Waals surface area contributed by atoms with E-state index in [0.717, 1.165) is 29.2 Å². The van der Waals surface area contributed by atoms with Crippen LogP contribution in [-0.4, -0.2) is 33.6 Å². The summed E-state index contributed by atoms with van der Waals surface area (Å²) in [6, 6.07) is 5.90. The second-order valence-corrected chi connectivity index (χ2v) is 6.87. The third-order valence-electron chi connectivity index (χ3n) is 4.70. The van der Waals surface area contributed by atoms with Gasteiger partial charge in [-0.2, -0.15) is 0 Å². The summed E-state index contributed by atoms with van der Waals surface area (Å²) in [6.45, 7) is 6.69. The first-order chi connectivity index (χ1) is 14.4. The van der Waals surface area contributed by atoms with Gasteiger partial charge >= 0.3 is 0 Å². The fourth-order valence-corrected chi connectivity index (χ4v) is 3.51. The number of amides is 1. The molecule has 10 nitrogen and oxygen atoms in total. The number of carbonyl (C=O) groups is 1. The van der Waals surface area contributed by atoms with Crippen LogP contribution < -0.4 is 44.2 Å². The first-order valence-electron chi connectivity index (χ1n) is 9.65. The van der Waals surface area contributed by atoms with E-state index in [0.29, 0.717) is 19.7 Å². The minimum atomic E-state index is -0.482. The van der Waals surface area contributed by atoms with Crippen molar-refractivity contribution < 1.29 is 26.5 Å². The number of benzene rings is 1. The van der Waals surface area contributed by atoms with Gasteiger partial charge in [0.15, 0.2) is 33.5 Å². The Balaban J connectivity index is 0.00000341. The van der Waals surface area contributed by atoms with E-state index in [9.17, 15) is 4.79 Å². The molecular formula is C19H26Cl2N8O2. The molecular weight excluding hydrogens is 443 g/mol. The lowest BCUT2D eigenvalue weighted by Crippen LogP contribution is -3.00. The molecule has 0 saturated carbocycles. The SMILES string of the molecule is CCn1c(CNC(=O)c2nc(Cl)c(N)nc2N)[n+](CC)c2ccc(OCCN)cc21.[Cl-]. The van der Waals surface area contributed by atoms with Crippen molar-refractivity contribution in [3.8, 4) is 5.75 Å². The number of nitrogens with one attached hydrogen (secondary N) is 1. The third-order valence-corrected chi connectivity index (χ3v) is 4.98. The fraction of sp³-hybridized carbons (Fsp3) is 0.368. The summed E-state index contributed by atoms with van der Waals surface area (Å²) in [4.78, 5) is 20.5. The molecule has 0 unspecified atom stereocenters. The topological polar surface area (TPSA) is 151 Å². The van der Waals surface area contributed by atoms with Gasteiger partial charge in [0, 0.05) is 12.6 Å². The zero-order chi connectivity index (χ0) is 21.8. The van der Waals surface area contributed by atoms with E-state index in [-0.39, 0.29) is 41.4 Å². The van der Waals surface area contributed by atoms with Gasteiger partial charge < -0.3 is 39.7 Å². The van der Waals surface area contributed by atoms with Crippen molar-refractivity contribution in [2.45, 2.75) is 33.5 Å². The van der Waals surface area contributed by atoms with Crippen LogP contribution >= 0.6 is 11.6 Å². The number of nitrogens with zero attached hydrogens (tertiary/aromatic N) is 4. The molecule has 2 aromatic heterocycles. The Kier molecular flexibility index (Phi) is 8.26. The van der Waals surface area contributed by atoms with E-state index in [2.05, 4.69) is 24.4 Å². The van der Waals surface area contributed by atoms with Gasteiger partial charge in [-0.15, -0.1) is 0 Å². The zero-order valence-corrected chi connectivity index (χ0v) is 18.9. The Bertz CT molecular complexity index is 1090. The molecule has 1 aromatic carbocycles. The van der Waals surface area contributed by atoms with Gasteiger partial charge in [-0.3, -0.25) is 4.79 Å². The number of anilines is 2. The maximum atomic E-state index is 12.6. The average Bonchev–Trinajstić information content (AvgIpc) is 3.04. The van der Waals surface area contributed by atoms with E-state index in [1.165, 1.54) is 0 Å². The molecule has 1 amide bonds. The monoisotopic (exact) mass is 468 g/mol. The molecule has 0 atom stereocenters. The number of aryl methyl sites for hydroxylation is 2. The van der Waals surface area contributed by atoms with Crippen molar-refractivity contribution in [1.82, 2.24) is 19.9 Å². The van der Waals surface area contributed by atoms with Gasteiger partial charge in [0.2, 0.25) is 0 Å². The lowest BCUT2D eigenvalue weighted by Gasteiger charge is -2.08. The van der Waals surface area contributed by atoms with Crippen molar-refractivity contribution >= 4 is 40.2 Å². The van der Waals surface area contributed by atoms with Gasteiger partial charge in [0.25, 0.3) is 11.7 Å². The van der Waals surface area contributed by atoms with E-state index >= 15 is 0 Å². The summed E-state index contributed by atoms with van der Waals surface area (Å²) >= 11 is 5.88. The van der Waals surface area contributed by atoms with Gasteiger partial charge in [0.05, 0.1) is 13.1 Å². The van der Waals surface area contributed by atoms with Crippen LogP contribution in [-0.2, 0) is 19.6 Å². The molecule has 0 aliphatic heterocycles. The number of ether oxygens (including phenoxy) is 1. The molecule has 0 fully saturated rings. The number of rotatable bonds is 8. The number of halogens is 2. The quantitative estimate of drug-likeness (QED) is 0.275. The van der Waals surface area contributed by atoms with Gasteiger partial charge in [-0.25, -0.2) is 19.1 Å². The molecule has 168 valence electrons. The Morgan fingerprint density at radius 1 is 1.26 bits per heavy atom. The maximum absolute atomic E-state index is 12.6. The second-order valence-electron chi connectivity index (χ2n) is 6.51. The highest BCUT2D eigenvalue weighted by molar-refractivity contribution is 6.31. The zero-order valence-electron chi connectivity index (χ0n) is 17.4. The van der Waals surface area contributed by atoms with Gasteiger partial charge in [-0.1, -0.05) is 11.6 Å². The number of carbonyl (C=O) groups excluding carboxylic acids is 1. The Labute approximate surface area is 191 Å². The molecule has 3 aromatic rings. The van der Waals surface area contributed by atoms with Crippen molar-refractivity contribution in [3.63, 3.8) is 0 Å². The van der Waals surface area contributed by atoms with Crippen LogP contribution in [0.3, 0.4) is 0 Å². The summed E-state index contributed by atoms with van der Waals surface area (Å²) in [5.74, 6) is 1.10. The summed E-state index contributed by atoms with van der Waals surface area (Å²) in [5.41, 5.74) is 18.9. The average molecular weight is 469 g/mol. The van der Waals surface area contributed by atoms with Crippen LogP contribution in [0.2, 0.25) is 5.15 Å². The molecule has 0 aliphatic rings. The molecule has 12 heteroatoms. The maximum Gasteiger partial charge on any atom is 0.277 e. The third kappa shape index (κ3) is 4.92. The summed E-state index contributed by atoms with van der Waals surface area (Å²) in [7, 11) is 0. The number of imidazole rings is 1. The molecule has 7 N–H and O–H groups in total. The van der Waals surface area contributed by atoms with Crippen molar-refractivity contribution in [2.24, 2.45) is 5.73 Å². The number of nitrogens with two attached hydrogens (primary N) is 3. The molecule has 0 spiro atoms. The predicted octanol–water partition coefficient (Wildman–Crippen LogP) is -2.15. The van der Waals surface area contributed by atoms with Gasteiger partial charge in [0.1, 0.15) is 18.9 Å². The minimum Gasteiger partial charge on any atom is -1.00 e. The highest BCUT2D eigenvalue weighted by Crippen LogP contribution is 2.22. The highest BCUT2D eigenvalue weighted by atomic mass is 35.5. The number of hydrogen-bond donors (Lipinski definition) is 4. The predicted molar refractivity (Wildman–Crippen MR) is 115 cm³/mol. The largest absolute Gasteiger partial charge is 1.00 e. The summed E-state index contributed by atoms with van der Waals surface area (Å²) in [6.07, 6.45) is 0. The van der Waals surface area contributed by atoms with Gasteiger partial charge in [-0.05, 0) is 26.0 Å². The standard InChI is InChI=1S/C19H25ClN8O2.ClH/c1-3-27-12-6-5-11(30-8-7-21)9-13(12)28(4-2)14(27)10-24-19(29)15-17(22)26-18(23)16(20)25-15;/h5-6,9H,3-4,7-8,10,21H2,1-2H3,(H4-,22,23,24,26,29);1H. The van der Waals surface area contributed by atoms with Crippen molar-refractivity contribution in [1.29, 1.82) is 0 Å². The van der Waals surface area contributed by atoms with Crippen LogP contribution in [0.4, 0.5) is 11.6 Å². The normalized spacial score (nSPS) is 10.7. The molecule has 0 bridgehead atoms. The number of hydrogen-bond acceptors (Lipinski definition) is 7. The molecule has 31 heavy (non-hydrogen) atoms. The van der Waals surface area contributed by atoms with E-state index in [4.69, 9.17) is 33.5 Å². The van der Waals surface area contributed by atoms with E-state index < -0.39 is 5.91 Å². The van der Waals surface area contributed by atoms with Crippen LogP contribution in [0.1, 0.15) is 30.2 Å². The molecule has 3 rings (SSSR count). The summed E-state index contributed by atoms with van der Waals surface area (Å²) in [5, 5.41) is 2.79. The van der Waals surface area contributed by atoms with E-state index in [1.807, 2.05) is 32.0 Å². The Morgan fingerprint density at radius 3 is 2.65 bits per heavy atom. The van der Waals surface area contributed by atoms with Crippen molar-refractivity contribution in [2.75, 3.05) is 24.6 Å². The molecule has 2 heterocycles. The highest BCUT2D eigenvalue weighted by Gasteiger charge is 2.25. The number of aromatic nitrogens is 4. The van der Waals surface area contributed by atoms with Crippen LogP contribution in [0.25, 0.3) is 11.0 Å². The van der Waals surface area contributed by atoms with E-state index in [1.54, 1.807) is 0 Å². The van der Waals surface area contributed by atoms with Crippen molar-refractivity contribution in [3.05, 3.63) is 34.9 Å². The van der Waals surface area contributed by atoms with Crippen LogP contribution in [0.5, 0.6) is 5.75 Å². The first-order valence-corrected chi connectivity index (χ1v) is 10.0. The summed E-state index contributed by atoms with van der Waals surface area (Å²) < 4.78 is 9.93. The second kappa shape index (κ2) is 10.5. The smallest absolute Gasteiger partial charge is 0.277 e. The lowest BCUT2D eigenvalue weighted by molar-refractivity contribution is -0.676. The fourth-order valence-electron chi connectivity index (χ4n) is 3.39. The molecule has 0 radical (unpaired) electrons.